The molecule has 0 radical (unpaired) electrons. The number of carbonyl (C=O) groups excluding carboxylic acids is 1. The van der Waals surface area contributed by atoms with E-state index in [0.29, 0.717) is 20.9 Å². The molecule has 0 aliphatic carbocycles. The lowest BCUT2D eigenvalue weighted by Gasteiger charge is -2.25. The molecule has 0 spiro atoms. The molecule has 0 saturated carbocycles. The van der Waals surface area contributed by atoms with E-state index in [2.05, 4.69) is 4.99 Å². The summed E-state index contributed by atoms with van der Waals surface area (Å²) in [6, 6.07) is 12.4. The first kappa shape index (κ1) is 20.7. The van der Waals surface area contributed by atoms with Crippen molar-refractivity contribution in [3.05, 3.63) is 63.6 Å². The number of rotatable bonds is 3. The van der Waals surface area contributed by atoms with Crippen molar-refractivity contribution in [1.82, 2.24) is 0 Å². The summed E-state index contributed by atoms with van der Waals surface area (Å²) in [7, 11) is -3.15. The van der Waals surface area contributed by atoms with Crippen LogP contribution < -0.4 is 4.90 Å². The average Bonchev–Trinajstić information content (AvgIpc) is 3.08. The Morgan fingerprint density at radius 2 is 2.00 bits per heavy atom. The van der Waals surface area contributed by atoms with Crippen molar-refractivity contribution in [2.24, 2.45) is 4.99 Å². The van der Waals surface area contributed by atoms with Gasteiger partial charge in [-0.2, -0.15) is 4.99 Å². The summed E-state index contributed by atoms with van der Waals surface area (Å²) in [6.07, 6.45) is 0.177. The number of hydrogen-bond acceptors (Lipinski definition) is 4. The molecule has 152 valence electrons. The normalized spacial score (nSPS) is 24.1. The van der Waals surface area contributed by atoms with Crippen molar-refractivity contribution in [3.8, 4) is 0 Å². The van der Waals surface area contributed by atoms with Gasteiger partial charge in [-0.05, 0) is 30.7 Å². The second-order valence-corrected chi connectivity index (χ2v) is 11.4. The van der Waals surface area contributed by atoms with Gasteiger partial charge in [0, 0.05) is 10.3 Å². The molecule has 9 heteroatoms. The molecule has 2 fully saturated rings. The first-order valence-electron chi connectivity index (χ1n) is 9.00. The summed E-state index contributed by atoms with van der Waals surface area (Å²) >= 11 is 13.9. The molecule has 29 heavy (non-hydrogen) atoms. The SMILES string of the molecule is Cc1cccc(CC(=O)N=C2SC3CS(=O)(=O)CC3N2c2cc(Cl)ccc2Cl)c1. The zero-order chi connectivity index (χ0) is 20.8. The number of aryl methyl sites for hydroxylation is 1. The van der Waals surface area contributed by atoms with Gasteiger partial charge in [0.2, 0.25) is 0 Å². The summed E-state index contributed by atoms with van der Waals surface area (Å²) in [6.45, 7) is 1.97. The third-order valence-corrected chi connectivity index (χ3v) is 8.66. The van der Waals surface area contributed by atoms with Crippen molar-refractivity contribution < 1.29 is 13.2 Å². The molecule has 0 N–H and O–H groups in total. The van der Waals surface area contributed by atoms with Gasteiger partial charge in [-0.15, -0.1) is 0 Å². The highest BCUT2D eigenvalue weighted by Crippen LogP contribution is 2.43. The number of benzene rings is 2. The van der Waals surface area contributed by atoms with Crippen molar-refractivity contribution in [3.63, 3.8) is 0 Å². The molecule has 2 aliphatic rings. The van der Waals surface area contributed by atoms with Crippen LogP contribution >= 0.6 is 35.0 Å². The van der Waals surface area contributed by atoms with Crippen LogP contribution in [0.2, 0.25) is 10.0 Å². The van der Waals surface area contributed by atoms with E-state index in [-0.39, 0.29) is 35.1 Å². The van der Waals surface area contributed by atoms with Crippen molar-refractivity contribution >= 4 is 61.6 Å². The Kier molecular flexibility index (Phi) is 5.68. The molecule has 4 rings (SSSR count). The van der Waals surface area contributed by atoms with Gasteiger partial charge in [-0.1, -0.05) is 64.8 Å². The second-order valence-electron chi connectivity index (χ2n) is 7.22. The Hall–Kier alpha value is -1.54. The number of halogens is 2. The highest BCUT2D eigenvalue weighted by molar-refractivity contribution is 8.16. The lowest BCUT2D eigenvalue weighted by molar-refractivity contribution is -0.117. The van der Waals surface area contributed by atoms with Gasteiger partial charge in [-0.3, -0.25) is 4.79 Å². The van der Waals surface area contributed by atoms with Gasteiger partial charge in [0.15, 0.2) is 15.0 Å². The molecule has 2 aromatic rings. The van der Waals surface area contributed by atoms with E-state index in [1.807, 2.05) is 31.2 Å². The lowest BCUT2D eigenvalue weighted by Crippen LogP contribution is -2.38. The molecular formula is C20H18Cl2N2O3S2. The minimum Gasteiger partial charge on any atom is -0.314 e. The van der Waals surface area contributed by atoms with E-state index in [1.165, 1.54) is 11.8 Å². The molecule has 5 nitrogen and oxygen atoms in total. The molecule has 2 aromatic carbocycles. The minimum atomic E-state index is -3.15. The van der Waals surface area contributed by atoms with E-state index < -0.39 is 9.84 Å². The van der Waals surface area contributed by atoms with Crippen LogP contribution in [0.3, 0.4) is 0 Å². The standard InChI is InChI=1S/C20H18Cl2N2O3S2/c1-12-3-2-4-13(7-12)8-19(25)23-20-24(16-9-14(21)5-6-15(16)22)17-10-29(26,27)11-18(17)28-20/h2-7,9,17-18H,8,10-11H2,1H3. The van der Waals surface area contributed by atoms with Gasteiger partial charge >= 0.3 is 0 Å². The highest BCUT2D eigenvalue weighted by atomic mass is 35.5. The Balaban J connectivity index is 1.68. The largest absolute Gasteiger partial charge is 0.314 e. The second kappa shape index (κ2) is 7.95. The molecule has 2 unspecified atom stereocenters. The van der Waals surface area contributed by atoms with Crippen LogP contribution in [0.4, 0.5) is 5.69 Å². The molecular weight excluding hydrogens is 451 g/mol. The van der Waals surface area contributed by atoms with Crippen LogP contribution in [0.25, 0.3) is 0 Å². The summed E-state index contributed by atoms with van der Waals surface area (Å²) in [5, 5.41) is 1.18. The molecule has 2 saturated heterocycles. The smallest absolute Gasteiger partial charge is 0.252 e. The maximum atomic E-state index is 12.7. The van der Waals surface area contributed by atoms with Gasteiger partial charge in [0.05, 0.1) is 34.7 Å². The average molecular weight is 469 g/mol. The van der Waals surface area contributed by atoms with Crippen LogP contribution in [0.15, 0.2) is 47.5 Å². The van der Waals surface area contributed by atoms with Crippen LogP contribution in [-0.2, 0) is 21.1 Å². The molecule has 2 atom stereocenters. The van der Waals surface area contributed by atoms with E-state index in [1.54, 1.807) is 23.1 Å². The van der Waals surface area contributed by atoms with Gasteiger partial charge in [0.1, 0.15) is 0 Å². The molecule has 2 heterocycles. The number of thioether (sulfide) groups is 1. The number of sulfone groups is 1. The number of aliphatic imine (C=N–C) groups is 1. The van der Waals surface area contributed by atoms with Crippen molar-refractivity contribution in [1.29, 1.82) is 0 Å². The fourth-order valence-electron chi connectivity index (χ4n) is 3.66. The van der Waals surface area contributed by atoms with Crippen molar-refractivity contribution in [2.75, 3.05) is 16.4 Å². The van der Waals surface area contributed by atoms with E-state index in [9.17, 15) is 13.2 Å². The molecule has 0 bridgehead atoms. The summed E-state index contributed by atoms with van der Waals surface area (Å²) in [5.74, 6) is -0.232. The predicted octanol–water partition coefficient (Wildman–Crippen LogP) is 4.15. The lowest BCUT2D eigenvalue weighted by atomic mass is 10.1. The third-order valence-electron chi connectivity index (χ3n) is 4.89. The Morgan fingerprint density at radius 1 is 1.21 bits per heavy atom. The fourth-order valence-corrected chi connectivity index (χ4v) is 7.96. The Labute approximate surface area is 184 Å². The van der Waals surface area contributed by atoms with Crippen LogP contribution in [0.5, 0.6) is 0 Å². The van der Waals surface area contributed by atoms with Gasteiger partial charge in [0.25, 0.3) is 5.91 Å². The summed E-state index contributed by atoms with van der Waals surface area (Å²) in [4.78, 5) is 18.7. The fraction of sp³-hybridized carbons (Fsp3) is 0.300. The molecule has 1 amide bonds. The van der Waals surface area contributed by atoms with Crippen molar-refractivity contribution in [2.45, 2.75) is 24.6 Å². The number of amidine groups is 1. The predicted molar refractivity (Wildman–Crippen MR) is 120 cm³/mol. The van der Waals surface area contributed by atoms with E-state index >= 15 is 0 Å². The maximum Gasteiger partial charge on any atom is 0.252 e. The third kappa shape index (κ3) is 4.48. The Morgan fingerprint density at radius 3 is 2.76 bits per heavy atom. The summed E-state index contributed by atoms with van der Waals surface area (Å²) in [5.41, 5.74) is 2.53. The number of nitrogens with zero attached hydrogens (tertiary/aromatic N) is 2. The topological polar surface area (TPSA) is 66.8 Å². The maximum absolute atomic E-state index is 12.7. The zero-order valence-corrected chi connectivity index (χ0v) is 18.7. The van der Waals surface area contributed by atoms with Gasteiger partial charge in [-0.25, -0.2) is 8.42 Å². The number of fused-ring (bicyclic) bond motifs is 1. The number of hydrogen-bond donors (Lipinski definition) is 0. The zero-order valence-electron chi connectivity index (χ0n) is 15.5. The van der Waals surface area contributed by atoms with Crippen LogP contribution in [0, 0.1) is 6.92 Å². The van der Waals surface area contributed by atoms with Crippen LogP contribution in [0.1, 0.15) is 11.1 Å². The highest BCUT2D eigenvalue weighted by Gasteiger charge is 2.49. The van der Waals surface area contributed by atoms with Crippen LogP contribution in [-0.4, -0.2) is 42.3 Å². The quantitative estimate of drug-likeness (QED) is 0.676. The Bertz CT molecular complexity index is 1120. The number of amides is 1. The van der Waals surface area contributed by atoms with E-state index in [4.69, 9.17) is 23.2 Å². The van der Waals surface area contributed by atoms with Gasteiger partial charge < -0.3 is 4.90 Å². The monoisotopic (exact) mass is 468 g/mol. The van der Waals surface area contributed by atoms with E-state index in [0.717, 1.165) is 11.1 Å². The summed E-state index contributed by atoms with van der Waals surface area (Å²) < 4.78 is 24.3. The molecule has 2 aliphatic heterocycles. The number of anilines is 1. The first-order chi connectivity index (χ1) is 13.7. The number of carbonyl (C=O) groups is 1. The first-order valence-corrected chi connectivity index (χ1v) is 12.5. The minimum absolute atomic E-state index is 0.00139. The molecule has 0 aromatic heterocycles.